The van der Waals surface area contributed by atoms with E-state index in [1.165, 1.54) is 0 Å². The molecule has 2 rings (SSSR count). The van der Waals surface area contributed by atoms with Crippen molar-refractivity contribution in [2.24, 2.45) is 0 Å². The van der Waals surface area contributed by atoms with E-state index in [2.05, 4.69) is 15.9 Å². The van der Waals surface area contributed by atoms with Gasteiger partial charge >= 0.3 is 0 Å². The van der Waals surface area contributed by atoms with Crippen LogP contribution in [0.2, 0.25) is 0 Å². The Morgan fingerprint density at radius 1 is 1.17 bits per heavy atom. The Hall–Kier alpha value is -1.61. The molecule has 0 saturated carbocycles. The predicted octanol–water partition coefficient (Wildman–Crippen LogP) is 4.00. The van der Waals surface area contributed by atoms with Crippen molar-refractivity contribution < 1.29 is 9.53 Å². The molecule has 0 fully saturated rings. The van der Waals surface area contributed by atoms with Crippen molar-refractivity contribution in [2.75, 3.05) is 7.11 Å². The van der Waals surface area contributed by atoms with Gasteiger partial charge in [-0.15, -0.1) is 0 Å². The fraction of sp³-hybridized carbons (Fsp3) is 0.133. The quantitative estimate of drug-likeness (QED) is 0.801. The number of ketones is 1. The van der Waals surface area contributed by atoms with Gasteiger partial charge in [-0.05, 0) is 30.7 Å². The molecule has 0 aromatic heterocycles. The topological polar surface area (TPSA) is 26.3 Å². The summed E-state index contributed by atoms with van der Waals surface area (Å²) in [7, 11) is 1.59. The van der Waals surface area contributed by atoms with Gasteiger partial charge in [-0.2, -0.15) is 0 Å². The number of ether oxygens (including phenoxy) is 1. The van der Waals surface area contributed by atoms with E-state index >= 15 is 0 Å². The average molecular weight is 305 g/mol. The molecular formula is C15H13BrO2. The lowest BCUT2D eigenvalue weighted by Crippen LogP contribution is -2.04. The van der Waals surface area contributed by atoms with Crippen molar-refractivity contribution in [3.63, 3.8) is 0 Å². The number of hydrogen-bond donors (Lipinski definition) is 0. The molecule has 0 radical (unpaired) electrons. The minimum absolute atomic E-state index is 0.00713. The number of rotatable bonds is 3. The number of methoxy groups -OCH3 is 1. The van der Waals surface area contributed by atoms with Gasteiger partial charge in [0, 0.05) is 15.6 Å². The maximum absolute atomic E-state index is 12.4. The molecule has 0 bridgehead atoms. The van der Waals surface area contributed by atoms with Crippen LogP contribution in [0.25, 0.3) is 0 Å². The van der Waals surface area contributed by atoms with E-state index in [1.807, 2.05) is 37.3 Å². The lowest BCUT2D eigenvalue weighted by Gasteiger charge is -2.07. The number of carbonyl (C=O) groups excluding carboxylic acids is 1. The molecule has 0 atom stereocenters. The van der Waals surface area contributed by atoms with E-state index in [-0.39, 0.29) is 5.78 Å². The Labute approximate surface area is 115 Å². The average Bonchev–Trinajstić information content (AvgIpc) is 2.41. The lowest BCUT2D eigenvalue weighted by atomic mass is 9.99. The zero-order valence-corrected chi connectivity index (χ0v) is 11.8. The molecule has 2 aromatic rings. The van der Waals surface area contributed by atoms with Gasteiger partial charge < -0.3 is 4.74 Å². The van der Waals surface area contributed by atoms with Crippen LogP contribution in [0.4, 0.5) is 0 Å². The van der Waals surface area contributed by atoms with E-state index in [9.17, 15) is 4.79 Å². The molecule has 3 heteroatoms. The largest absolute Gasteiger partial charge is 0.497 e. The number of hydrogen-bond acceptors (Lipinski definition) is 2. The summed E-state index contributed by atoms with van der Waals surface area (Å²) in [6, 6.07) is 12.8. The van der Waals surface area contributed by atoms with Crippen LogP contribution in [0.3, 0.4) is 0 Å². The number of benzene rings is 2. The molecule has 0 aliphatic heterocycles. The van der Waals surface area contributed by atoms with Crippen LogP contribution < -0.4 is 4.74 Å². The van der Waals surface area contributed by atoms with Crippen LogP contribution in [-0.2, 0) is 0 Å². The molecule has 0 aliphatic rings. The molecule has 18 heavy (non-hydrogen) atoms. The first-order valence-corrected chi connectivity index (χ1v) is 6.36. The van der Waals surface area contributed by atoms with Gasteiger partial charge in [-0.1, -0.05) is 40.2 Å². The van der Waals surface area contributed by atoms with Crippen LogP contribution in [0.1, 0.15) is 21.5 Å². The first kappa shape index (κ1) is 12.8. The molecule has 0 amide bonds. The van der Waals surface area contributed by atoms with Crippen molar-refractivity contribution in [3.05, 3.63) is 63.6 Å². The SMILES string of the molecule is COc1cccc(C(=O)c2cccc(Br)c2C)c1. The highest BCUT2D eigenvalue weighted by Crippen LogP contribution is 2.23. The summed E-state index contributed by atoms with van der Waals surface area (Å²) in [6.07, 6.45) is 0. The highest BCUT2D eigenvalue weighted by Gasteiger charge is 2.13. The molecule has 0 aliphatic carbocycles. The summed E-state index contributed by atoms with van der Waals surface area (Å²) >= 11 is 3.44. The van der Waals surface area contributed by atoms with Crippen LogP contribution in [-0.4, -0.2) is 12.9 Å². The maximum atomic E-state index is 12.4. The molecule has 92 valence electrons. The summed E-state index contributed by atoms with van der Waals surface area (Å²) < 4.78 is 6.07. The number of carbonyl (C=O) groups is 1. The third kappa shape index (κ3) is 2.46. The molecule has 2 nitrogen and oxygen atoms in total. The van der Waals surface area contributed by atoms with Gasteiger partial charge in [-0.25, -0.2) is 0 Å². The summed E-state index contributed by atoms with van der Waals surface area (Å²) in [5.41, 5.74) is 2.29. The van der Waals surface area contributed by atoms with Crippen molar-refractivity contribution in [2.45, 2.75) is 6.92 Å². The second-order valence-electron chi connectivity index (χ2n) is 3.97. The Bertz CT molecular complexity index is 591. The molecule has 2 aromatic carbocycles. The van der Waals surface area contributed by atoms with E-state index in [1.54, 1.807) is 19.2 Å². The van der Waals surface area contributed by atoms with Gasteiger partial charge in [-0.3, -0.25) is 4.79 Å². The second-order valence-corrected chi connectivity index (χ2v) is 4.83. The minimum Gasteiger partial charge on any atom is -0.497 e. The third-order valence-electron chi connectivity index (χ3n) is 2.84. The molecular weight excluding hydrogens is 292 g/mol. The van der Waals surface area contributed by atoms with Gasteiger partial charge in [0.15, 0.2) is 5.78 Å². The molecule has 0 N–H and O–H groups in total. The Morgan fingerprint density at radius 3 is 2.61 bits per heavy atom. The maximum Gasteiger partial charge on any atom is 0.193 e. The second kappa shape index (κ2) is 5.36. The molecule has 0 spiro atoms. The monoisotopic (exact) mass is 304 g/mol. The first-order chi connectivity index (χ1) is 8.63. The van der Waals surface area contributed by atoms with Crippen molar-refractivity contribution in [3.8, 4) is 5.75 Å². The van der Waals surface area contributed by atoms with E-state index < -0.39 is 0 Å². The van der Waals surface area contributed by atoms with Crippen LogP contribution >= 0.6 is 15.9 Å². The van der Waals surface area contributed by atoms with Crippen LogP contribution in [0, 0.1) is 6.92 Å². The Morgan fingerprint density at radius 2 is 1.89 bits per heavy atom. The minimum atomic E-state index is 0.00713. The zero-order chi connectivity index (χ0) is 13.1. The van der Waals surface area contributed by atoms with E-state index in [0.717, 1.165) is 10.0 Å². The molecule has 0 unspecified atom stereocenters. The smallest absolute Gasteiger partial charge is 0.193 e. The first-order valence-electron chi connectivity index (χ1n) is 5.57. The van der Waals surface area contributed by atoms with E-state index in [0.29, 0.717) is 16.9 Å². The lowest BCUT2D eigenvalue weighted by molar-refractivity contribution is 0.103. The normalized spacial score (nSPS) is 10.2. The van der Waals surface area contributed by atoms with Gasteiger partial charge in [0.05, 0.1) is 7.11 Å². The van der Waals surface area contributed by atoms with E-state index in [4.69, 9.17) is 4.74 Å². The summed E-state index contributed by atoms with van der Waals surface area (Å²) in [5, 5.41) is 0. The van der Waals surface area contributed by atoms with Crippen molar-refractivity contribution in [1.29, 1.82) is 0 Å². The van der Waals surface area contributed by atoms with Crippen LogP contribution in [0.5, 0.6) is 5.75 Å². The predicted molar refractivity (Wildman–Crippen MR) is 75.3 cm³/mol. The summed E-state index contributed by atoms with van der Waals surface area (Å²) in [5.74, 6) is 0.696. The molecule has 0 heterocycles. The van der Waals surface area contributed by atoms with Crippen LogP contribution in [0.15, 0.2) is 46.9 Å². The number of halogens is 1. The molecule has 0 saturated heterocycles. The summed E-state index contributed by atoms with van der Waals surface area (Å²) in [4.78, 5) is 12.4. The highest BCUT2D eigenvalue weighted by atomic mass is 79.9. The zero-order valence-electron chi connectivity index (χ0n) is 10.2. The van der Waals surface area contributed by atoms with Gasteiger partial charge in [0.2, 0.25) is 0 Å². The highest BCUT2D eigenvalue weighted by molar-refractivity contribution is 9.10. The fourth-order valence-electron chi connectivity index (χ4n) is 1.77. The Kier molecular flexibility index (Phi) is 3.82. The fourth-order valence-corrected chi connectivity index (χ4v) is 2.14. The Balaban J connectivity index is 2.44. The van der Waals surface area contributed by atoms with Crippen molar-refractivity contribution in [1.82, 2.24) is 0 Å². The summed E-state index contributed by atoms with van der Waals surface area (Å²) in [6.45, 7) is 1.93. The van der Waals surface area contributed by atoms with Gasteiger partial charge in [0.1, 0.15) is 5.75 Å². The van der Waals surface area contributed by atoms with Gasteiger partial charge in [0.25, 0.3) is 0 Å². The third-order valence-corrected chi connectivity index (χ3v) is 3.70. The standard InChI is InChI=1S/C15H13BrO2/c1-10-13(7-4-8-14(10)16)15(17)11-5-3-6-12(9-11)18-2/h3-9H,1-2H3. The van der Waals surface area contributed by atoms with Crippen molar-refractivity contribution >= 4 is 21.7 Å².